The van der Waals surface area contributed by atoms with E-state index in [-0.39, 0.29) is 35.7 Å². The second kappa shape index (κ2) is 17.0. The number of carbonyl (C=O) groups is 4. The number of hydrogen-bond donors (Lipinski definition) is 4. The third-order valence-corrected chi connectivity index (χ3v) is 11.0. The number of ether oxygens (including phenoxy) is 2. The summed E-state index contributed by atoms with van der Waals surface area (Å²) in [7, 11) is 2.57. The van der Waals surface area contributed by atoms with Crippen molar-refractivity contribution in [3.8, 4) is 33.8 Å². The molecule has 0 saturated carbocycles. The predicted octanol–water partition coefficient (Wildman–Crippen LogP) is 6.17. The third kappa shape index (κ3) is 8.22. The minimum atomic E-state index is -0.702. The fraction of sp³-hybridized carbons (Fsp3) is 0.429. The highest BCUT2D eigenvalue weighted by Crippen LogP contribution is 2.35. The van der Waals surface area contributed by atoms with Gasteiger partial charge in [-0.05, 0) is 73.9 Å². The predicted molar refractivity (Wildman–Crippen MR) is 216 cm³/mol. The summed E-state index contributed by atoms with van der Waals surface area (Å²) in [6, 6.07) is 11.9. The van der Waals surface area contributed by atoms with Crippen LogP contribution in [-0.4, -0.2) is 103 Å². The van der Waals surface area contributed by atoms with Crippen LogP contribution < -0.4 is 10.6 Å². The van der Waals surface area contributed by atoms with Crippen LogP contribution in [0.3, 0.4) is 0 Å². The average Bonchev–Trinajstić information content (AvgIpc) is 4.07. The highest BCUT2D eigenvalue weighted by atomic mass is 16.5. The average molecular weight is 791 g/mol. The standard InChI is InChI=1S/C42H50N10O6/c1-23(2)35(49-41(55)57-5)39(53)51-17-7-9-33(51)37-45-22-32(48-37)27-13-15-29(44-21-27)26-12-14-28(43-20-26)25-11-16-30-31(19-25)47-38(46-30)34-10-8-18-52(34)40(54)36(24(3)4)50-42(56)58-6/h11-16,19-24,33-36H,7-10,17-18H2,1-6H3,(H,45,48)(H,46,47)(H,49,55)(H,50,56). The molecule has 2 aliphatic heterocycles. The molecule has 6 heterocycles. The first-order chi connectivity index (χ1) is 27.9. The molecule has 2 aliphatic rings. The maximum absolute atomic E-state index is 13.6. The van der Waals surface area contributed by atoms with Gasteiger partial charge in [0.25, 0.3) is 0 Å². The van der Waals surface area contributed by atoms with Gasteiger partial charge in [0.15, 0.2) is 0 Å². The minimum absolute atomic E-state index is 0.116. The number of pyridine rings is 2. The number of carbonyl (C=O) groups excluding carboxylic acids is 4. The van der Waals surface area contributed by atoms with Gasteiger partial charge in [-0.15, -0.1) is 0 Å². The van der Waals surface area contributed by atoms with Crippen molar-refractivity contribution in [2.24, 2.45) is 11.8 Å². The van der Waals surface area contributed by atoms with E-state index in [9.17, 15) is 19.2 Å². The van der Waals surface area contributed by atoms with E-state index in [1.165, 1.54) is 14.2 Å². The number of rotatable bonds is 11. The van der Waals surface area contributed by atoms with Crippen LogP contribution in [0.25, 0.3) is 44.8 Å². The Labute approximate surface area is 336 Å². The van der Waals surface area contributed by atoms with Gasteiger partial charge >= 0.3 is 12.2 Å². The monoisotopic (exact) mass is 790 g/mol. The number of hydrogen-bond acceptors (Lipinski definition) is 10. The number of H-pyrrole nitrogens is 2. The Bertz CT molecular complexity index is 2270. The van der Waals surface area contributed by atoms with Gasteiger partial charge in [0.1, 0.15) is 23.7 Å². The molecule has 16 heteroatoms. The number of imidazole rings is 2. The minimum Gasteiger partial charge on any atom is -0.453 e. The second-order valence-corrected chi connectivity index (χ2v) is 15.5. The van der Waals surface area contributed by atoms with E-state index < -0.39 is 24.3 Å². The zero-order chi connectivity index (χ0) is 41.1. The molecule has 2 saturated heterocycles. The van der Waals surface area contributed by atoms with E-state index in [4.69, 9.17) is 24.4 Å². The van der Waals surface area contributed by atoms with E-state index in [0.29, 0.717) is 24.7 Å². The van der Waals surface area contributed by atoms with Crippen molar-refractivity contribution in [3.05, 3.63) is 72.7 Å². The highest BCUT2D eigenvalue weighted by molar-refractivity contribution is 5.87. The fourth-order valence-corrected chi connectivity index (χ4v) is 7.82. The lowest BCUT2D eigenvalue weighted by molar-refractivity contribution is -0.136. The van der Waals surface area contributed by atoms with Crippen molar-refractivity contribution in [2.45, 2.75) is 77.5 Å². The van der Waals surface area contributed by atoms with Crippen molar-refractivity contribution < 1.29 is 28.7 Å². The van der Waals surface area contributed by atoms with Gasteiger partial charge in [-0.2, -0.15) is 0 Å². The van der Waals surface area contributed by atoms with Crippen LogP contribution in [0.4, 0.5) is 9.59 Å². The molecule has 4 aromatic heterocycles. The lowest BCUT2D eigenvalue weighted by Crippen LogP contribution is -2.51. The molecule has 304 valence electrons. The van der Waals surface area contributed by atoms with Crippen LogP contribution in [0.5, 0.6) is 0 Å². The first kappa shape index (κ1) is 39.9. The number of amides is 4. The van der Waals surface area contributed by atoms with E-state index in [0.717, 1.165) is 70.5 Å². The molecule has 58 heavy (non-hydrogen) atoms. The van der Waals surface area contributed by atoms with E-state index in [2.05, 4.69) is 25.6 Å². The topological polar surface area (TPSA) is 200 Å². The summed E-state index contributed by atoms with van der Waals surface area (Å²) in [4.78, 5) is 80.5. The number of alkyl carbamates (subject to hydrolysis) is 2. The zero-order valence-electron chi connectivity index (χ0n) is 33.6. The van der Waals surface area contributed by atoms with Gasteiger partial charge in [-0.1, -0.05) is 33.8 Å². The summed E-state index contributed by atoms with van der Waals surface area (Å²) < 4.78 is 9.51. The molecule has 0 radical (unpaired) electrons. The van der Waals surface area contributed by atoms with Crippen molar-refractivity contribution in [1.82, 2.24) is 50.3 Å². The Balaban J connectivity index is 1.02. The van der Waals surface area contributed by atoms with Crippen LogP contribution in [-0.2, 0) is 19.1 Å². The number of likely N-dealkylation sites (tertiary alicyclic amines) is 2. The lowest BCUT2D eigenvalue weighted by Gasteiger charge is -2.30. The molecule has 0 spiro atoms. The van der Waals surface area contributed by atoms with E-state index in [1.54, 1.807) is 28.4 Å². The summed E-state index contributed by atoms with van der Waals surface area (Å²) in [6.07, 6.45) is 7.27. The molecule has 1 aromatic carbocycles. The van der Waals surface area contributed by atoms with Crippen molar-refractivity contribution in [1.29, 1.82) is 0 Å². The number of nitrogens with zero attached hydrogens (tertiary/aromatic N) is 6. The summed E-state index contributed by atoms with van der Waals surface area (Å²) in [6.45, 7) is 8.73. The van der Waals surface area contributed by atoms with Crippen molar-refractivity contribution in [3.63, 3.8) is 0 Å². The molecule has 0 aliphatic carbocycles. The molecule has 4 atom stereocenters. The maximum atomic E-state index is 13.6. The first-order valence-electron chi connectivity index (χ1n) is 19.7. The Kier molecular flexibility index (Phi) is 11.7. The molecule has 5 aromatic rings. The van der Waals surface area contributed by atoms with Crippen LogP contribution in [0.1, 0.15) is 77.1 Å². The van der Waals surface area contributed by atoms with Gasteiger partial charge in [0, 0.05) is 42.2 Å². The number of benzene rings is 1. The molecule has 4 unspecified atom stereocenters. The summed E-state index contributed by atoms with van der Waals surface area (Å²) in [5.74, 6) is 0.861. The van der Waals surface area contributed by atoms with Crippen LogP contribution in [0.2, 0.25) is 0 Å². The van der Waals surface area contributed by atoms with Crippen LogP contribution in [0, 0.1) is 11.8 Å². The zero-order valence-corrected chi connectivity index (χ0v) is 33.6. The van der Waals surface area contributed by atoms with Gasteiger partial charge in [0.2, 0.25) is 11.8 Å². The van der Waals surface area contributed by atoms with Crippen molar-refractivity contribution >= 4 is 35.0 Å². The molecule has 4 amide bonds. The first-order valence-corrected chi connectivity index (χ1v) is 19.7. The Morgan fingerprint density at radius 2 is 1.21 bits per heavy atom. The van der Waals surface area contributed by atoms with Crippen LogP contribution >= 0.6 is 0 Å². The third-order valence-electron chi connectivity index (χ3n) is 11.0. The number of fused-ring (bicyclic) bond motifs is 1. The number of aromatic amines is 2. The van der Waals surface area contributed by atoms with Gasteiger partial charge in [-0.3, -0.25) is 19.6 Å². The molecule has 7 rings (SSSR count). The molecular formula is C42H50N10O6. The fourth-order valence-electron chi connectivity index (χ4n) is 7.82. The molecule has 0 bridgehead atoms. The number of aromatic nitrogens is 6. The molecule has 4 N–H and O–H groups in total. The maximum Gasteiger partial charge on any atom is 0.407 e. The number of methoxy groups -OCH3 is 2. The van der Waals surface area contributed by atoms with Gasteiger partial charge in [0.05, 0.1) is 60.6 Å². The van der Waals surface area contributed by atoms with E-state index >= 15 is 0 Å². The Hall–Kier alpha value is -6.32. The van der Waals surface area contributed by atoms with E-state index in [1.807, 2.05) is 70.2 Å². The molecular weight excluding hydrogens is 741 g/mol. The Morgan fingerprint density at radius 3 is 1.74 bits per heavy atom. The second-order valence-electron chi connectivity index (χ2n) is 15.5. The SMILES string of the molecule is COC(=O)NC(C(=O)N1CCCC1c1ncc(-c2ccc(-c3ccc(-c4ccc5nc(C6CCCN6C(=O)C(NC(=O)OC)C(C)C)[nH]c5c4)nc3)nc2)[nH]1)C(C)C. The lowest BCUT2D eigenvalue weighted by atomic mass is 10.0. The molecule has 16 nitrogen and oxygen atoms in total. The van der Waals surface area contributed by atoms with Gasteiger partial charge in [-0.25, -0.2) is 19.6 Å². The largest absolute Gasteiger partial charge is 0.453 e. The molecule has 2 fully saturated rings. The highest BCUT2D eigenvalue weighted by Gasteiger charge is 2.39. The summed E-state index contributed by atoms with van der Waals surface area (Å²) in [5.41, 5.74) is 6.59. The summed E-state index contributed by atoms with van der Waals surface area (Å²) in [5, 5.41) is 5.38. The number of nitrogens with one attached hydrogen (secondary N) is 4. The van der Waals surface area contributed by atoms with Gasteiger partial charge < -0.3 is 39.9 Å². The van der Waals surface area contributed by atoms with Crippen molar-refractivity contribution in [2.75, 3.05) is 27.3 Å². The smallest absolute Gasteiger partial charge is 0.407 e. The quantitative estimate of drug-likeness (QED) is 0.120. The summed E-state index contributed by atoms with van der Waals surface area (Å²) >= 11 is 0. The van der Waals surface area contributed by atoms with Crippen LogP contribution in [0.15, 0.2) is 61.1 Å². The Morgan fingerprint density at radius 1 is 0.672 bits per heavy atom. The normalized spacial score (nSPS) is 17.8.